The average molecular weight is 632 g/mol. The van der Waals surface area contributed by atoms with Crippen molar-refractivity contribution >= 4 is 50.9 Å². The lowest BCUT2D eigenvalue weighted by atomic mass is 9.94. The Labute approximate surface area is 249 Å². The number of nitrogens with one attached hydrogen (secondary N) is 1. The Morgan fingerprint density at radius 3 is 2.46 bits per heavy atom. The van der Waals surface area contributed by atoms with E-state index in [4.69, 9.17) is 27.9 Å². The van der Waals surface area contributed by atoms with Gasteiger partial charge in [-0.1, -0.05) is 94.8 Å². The summed E-state index contributed by atoms with van der Waals surface area (Å²) in [5.74, 6) is 0.116. The fourth-order valence-corrected chi connectivity index (χ4v) is 5.58. The largest absolute Gasteiger partial charge is 0.484 e. The van der Waals surface area contributed by atoms with Crippen molar-refractivity contribution in [3.63, 3.8) is 0 Å². The number of benzene rings is 3. The van der Waals surface area contributed by atoms with Gasteiger partial charge < -0.3 is 15.0 Å². The van der Waals surface area contributed by atoms with Crippen LogP contribution in [-0.4, -0.2) is 35.4 Å². The van der Waals surface area contributed by atoms with Crippen molar-refractivity contribution in [3.05, 3.63) is 97.9 Å². The molecule has 1 fully saturated rings. The van der Waals surface area contributed by atoms with Crippen molar-refractivity contribution in [2.24, 2.45) is 0 Å². The molecule has 1 saturated carbocycles. The van der Waals surface area contributed by atoms with E-state index in [2.05, 4.69) is 21.2 Å². The molecular weight excluding hydrogens is 599 g/mol. The number of hydrogen-bond donors (Lipinski definition) is 1. The third-order valence-electron chi connectivity index (χ3n) is 7.07. The Morgan fingerprint density at radius 2 is 1.77 bits per heavy atom. The second-order valence-electron chi connectivity index (χ2n) is 10.0. The molecule has 1 N–H and O–H groups in total. The van der Waals surface area contributed by atoms with Crippen molar-refractivity contribution < 1.29 is 14.3 Å². The summed E-state index contributed by atoms with van der Waals surface area (Å²) in [6.07, 6.45) is 5.65. The SMILES string of the molecule is Cc1cc(OCC(=O)N(Cc2ccc(Cl)cc2Cl)C(Cc2ccccc2)C(=O)NC2CCCCC2)ccc1Br. The number of rotatable bonds is 10. The van der Waals surface area contributed by atoms with Crippen LogP contribution in [0.3, 0.4) is 0 Å². The summed E-state index contributed by atoms with van der Waals surface area (Å²) >= 11 is 16.2. The van der Waals surface area contributed by atoms with Crippen LogP contribution in [-0.2, 0) is 22.6 Å². The van der Waals surface area contributed by atoms with E-state index in [1.54, 1.807) is 23.1 Å². The Balaban J connectivity index is 1.63. The highest BCUT2D eigenvalue weighted by molar-refractivity contribution is 9.10. The first-order chi connectivity index (χ1) is 18.8. The van der Waals surface area contributed by atoms with Gasteiger partial charge in [-0.2, -0.15) is 0 Å². The van der Waals surface area contributed by atoms with Gasteiger partial charge in [-0.05, 0) is 66.8 Å². The van der Waals surface area contributed by atoms with Crippen LogP contribution in [0, 0.1) is 6.92 Å². The molecule has 0 spiro atoms. The third kappa shape index (κ3) is 8.47. The molecule has 206 valence electrons. The van der Waals surface area contributed by atoms with E-state index in [0.29, 0.717) is 27.8 Å². The highest BCUT2D eigenvalue weighted by Gasteiger charge is 2.32. The van der Waals surface area contributed by atoms with E-state index in [-0.39, 0.29) is 31.0 Å². The molecule has 4 rings (SSSR count). The average Bonchev–Trinajstić information content (AvgIpc) is 2.93. The molecule has 1 aliphatic rings. The van der Waals surface area contributed by atoms with Crippen molar-refractivity contribution in [2.45, 2.75) is 64.1 Å². The summed E-state index contributed by atoms with van der Waals surface area (Å²) in [5, 5.41) is 4.19. The molecule has 1 aliphatic carbocycles. The number of halogens is 3. The van der Waals surface area contributed by atoms with Crippen LogP contribution >= 0.6 is 39.1 Å². The normalized spacial score (nSPS) is 14.5. The lowest BCUT2D eigenvalue weighted by Gasteiger charge is -2.33. The molecule has 0 bridgehead atoms. The Morgan fingerprint density at radius 1 is 1.03 bits per heavy atom. The zero-order chi connectivity index (χ0) is 27.8. The number of amides is 2. The van der Waals surface area contributed by atoms with Crippen LogP contribution in [0.2, 0.25) is 10.0 Å². The zero-order valence-corrected chi connectivity index (χ0v) is 25.1. The van der Waals surface area contributed by atoms with Gasteiger partial charge in [0.25, 0.3) is 5.91 Å². The van der Waals surface area contributed by atoms with Gasteiger partial charge in [0.05, 0.1) is 0 Å². The highest BCUT2D eigenvalue weighted by Crippen LogP contribution is 2.26. The molecule has 5 nitrogen and oxygen atoms in total. The molecule has 39 heavy (non-hydrogen) atoms. The van der Waals surface area contributed by atoms with Crippen LogP contribution in [0.25, 0.3) is 0 Å². The topological polar surface area (TPSA) is 58.6 Å². The van der Waals surface area contributed by atoms with E-state index >= 15 is 0 Å². The first-order valence-corrected chi connectivity index (χ1v) is 14.8. The minimum Gasteiger partial charge on any atom is -0.484 e. The molecule has 1 unspecified atom stereocenters. The molecule has 2 amide bonds. The molecule has 1 atom stereocenters. The standard InChI is InChI=1S/C31H33BrCl2N2O3/c1-21-16-26(14-15-27(21)32)39-20-30(37)36(19-23-12-13-24(33)18-28(23)34)29(17-22-8-4-2-5-9-22)31(38)35-25-10-6-3-7-11-25/h2,4-5,8-9,12-16,18,25,29H,3,6-7,10-11,17,19-20H2,1H3,(H,35,38). The van der Waals surface area contributed by atoms with Gasteiger partial charge in [0, 0.05) is 33.5 Å². The molecule has 0 heterocycles. The number of carbonyl (C=O) groups excluding carboxylic acids is 2. The number of carbonyl (C=O) groups is 2. The Hall–Kier alpha value is -2.54. The molecule has 3 aromatic rings. The zero-order valence-electron chi connectivity index (χ0n) is 22.0. The van der Waals surface area contributed by atoms with Gasteiger partial charge in [0.2, 0.25) is 5.91 Å². The summed E-state index contributed by atoms with van der Waals surface area (Å²) in [6.45, 7) is 1.89. The molecule has 0 saturated heterocycles. The van der Waals surface area contributed by atoms with Gasteiger partial charge in [0.15, 0.2) is 6.61 Å². The van der Waals surface area contributed by atoms with Crippen LogP contribution in [0.1, 0.15) is 48.8 Å². The van der Waals surface area contributed by atoms with Gasteiger partial charge in [0.1, 0.15) is 11.8 Å². The van der Waals surface area contributed by atoms with Crippen LogP contribution < -0.4 is 10.1 Å². The predicted octanol–water partition coefficient (Wildman–Crippen LogP) is 7.53. The minimum atomic E-state index is -0.746. The van der Waals surface area contributed by atoms with E-state index < -0.39 is 6.04 Å². The summed E-state index contributed by atoms with van der Waals surface area (Å²) in [4.78, 5) is 29.3. The molecule has 0 aromatic heterocycles. The lowest BCUT2D eigenvalue weighted by Crippen LogP contribution is -2.53. The minimum absolute atomic E-state index is 0.114. The summed E-state index contributed by atoms with van der Waals surface area (Å²) in [5.41, 5.74) is 2.67. The van der Waals surface area contributed by atoms with Gasteiger partial charge in [-0.3, -0.25) is 9.59 Å². The molecule has 0 radical (unpaired) electrons. The van der Waals surface area contributed by atoms with Gasteiger partial charge in [-0.25, -0.2) is 0 Å². The van der Waals surface area contributed by atoms with Crippen LogP contribution in [0.15, 0.2) is 71.2 Å². The fraction of sp³-hybridized carbons (Fsp3) is 0.355. The quantitative estimate of drug-likeness (QED) is 0.252. The molecule has 3 aromatic carbocycles. The number of ether oxygens (including phenoxy) is 1. The molecular formula is C31H33BrCl2N2O3. The number of aryl methyl sites for hydroxylation is 1. The Bertz CT molecular complexity index is 1280. The van der Waals surface area contributed by atoms with Gasteiger partial charge >= 0.3 is 0 Å². The summed E-state index contributed by atoms with van der Waals surface area (Å²) < 4.78 is 6.86. The highest BCUT2D eigenvalue weighted by atomic mass is 79.9. The maximum atomic E-state index is 13.8. The Kier molecular flexibility index (Phi) is 10.7. The predicted molar refractivity (Wildman–Crippen MR) is 160 cm³/mol. The van der Waals surface area contributed by atoms with Crippen molar-refractivity contribution in [2.75, 3.05) is 6.61 Å². The second kappa shape index (κ2) is 14.2. The number of hydrogen-bond acceptors (Lipinski definition) is 3. The summed E-state index contributed by atoms with van der Waals surface area (Å²) in [7, 11) is 0. The maximum Gasteiger partial charge on any atom is 0.261 e. The summed E-state index contributed by atoms with van der Waals surface area (Å²) in [6, 6.07) is 19.9. The van der Waals surface area contributed by atoms with Crippen molar-refractivity contribution in [3.8, 4) is 5.75 Å². The monoisotopic (exact) mass is 630 g/mol. The smallest absolute Gasteiger partial charge is 0.261 e. The van der Waals surface area contributed by atoms with E-state index in [9.17, 15) is 9.59 Å². The first-order valence-electron chi connectivity index (χ1n) is 13.3. The van der Waals surface area contributed by atoms with Crippen LogP contribution in [0.4, 0.5) is 0 Å². The molecule has 0 aliphatic heterocycles. The van der Waals surface area contributed by atoms with Crippen LogP contribution in [0.5, 0.6) is 5.75 Å². The first kappa shape index (κ1) is 29.4. The van der Waals surface area contributed by atoms with E-state index in [1.165, 1.54) is 6.42 Å². The van der Waals surface area contributed by atoms with E-state index in [1.807, 2.05) is 55.5 Å². The molecule has 8 heteroatoms. The van der Waals surface area contributed by atoms with E-state index in [0.717, 1.165) is 41.3 Å². The number of nitrogens with zero attached hydrogens (tertiary/aromatic N) is 1. The van der Waals surface area contributed by atoms with Gasteiger partial charge in [-0.15, -0.1) is 0 Å². The fourth-order valence-electron chi connectivity index (χ4n) is 4.87. The maximum absolute atomic E-state index is 13.8. The third-order valence-corrected chi connectivity index (χ3v) is 8.55. The second-order valence-corrected chi connectivity index (χ2v) is 11.7. The van der Waals surface area contributed by atoms with Crippen molar-refractivity contribution in [1.29, 1.82) is 0 Å². The van der Waals surface area contributed by atoms with Crippen molar-refractivity contribution in [1.82, 2.24) is 10.2 Å². The lowest BCUT2D eigenvalue weighted by molar-refractivity contribution is -0.143.